The minimum absolute atomic E-state index is 0.0235. The topological polar surface area (TPSA) is 12.0 Å². The van der Waals surface area contributed by atoms with Crippen LogP contribution in [-0.4, -0.2) is 13.1 Å². The first-order valence-electron chi connectivity index (χ1n) is 6.85. The third kappa shape index (κ3) is 4.33. The normalized spacial score (nSPS) is 12.4. The highest BCUT2D eigenvalue weighted by Crippen LogP contribution is 2.16. The highest BCUT2D eigenvalue weighted by atomic mass is 19.1. The summed E-state index contributed by atoms with van der Waals surface area (Å²) in [5.74, 6) is -1.40. The van der Waals surface area contributed by atoms with E-state index in [2.05, 4.69) is 5.32 Å². The standard InChI is InChI=1S/C17H18F3N/c1-11-5-14(18)4-3-13(11)9-17(21-2)8-12-6-15(19)10-16(20)7-12/h3-7,10,17,21H,8-9H2,1-2H3. The molecule has 0 aliphatic rings. The van der Waals surface area contributed by atoms with Crippen LogP contribution in [0.4, 0.5) is 13.2 Å². The van der Waals surface area contributed by atoms with Gasteiger partial charge in [0, 0.05) is 12.1 Å². The number of aryl methyl sites for hydroxylation is 1. The van der Waals surface area contributed by atoms with Gasteiger partial charge >= 0.3 is 0 Å². The van der Waals surface area contributed by atoms with Crippen LogP contribution in [0.15, 0.2) is 36.4 Å². The quantitative estimate of drug-likeness (QED) is 0.884. The van der Waals surface area contributed by atoms with Gasteiger partial charge < -0.3 is 5.32 Å². The number of benzene rings is 2. The molecule has 0 heterocycles. The van der Waals surface area contributed by atoms with Crippen molar-refractivity contribution in [1.29, 1.82) is 0 Å². The van der Waals surface area contributed by atoms with Gasteiger partial charge in [-0.2, -0.15) is 0 Å². The van der Waals surface area contributed by atoms with E-state index in [1.807, 2.05) is 6.92 Å². The van der Waals surface area contributed by atoms with Crippen molar-refractivity contribution < 1.29 is 13.2 Å². The Kier molecular flexibility index (Phi) is 5.02. The Morgan fingerprint density at radius 1 is 0.905 bits per heavy atom. The lowest BCUT2D eigenvalue weighted by atomic mass is 9.96. The van der Waals surface area contributed by atoms with Crippen LogP contribution in [0.5, 0.6) is 0 Å². The highest BCUT2D eigenvalue weighted by Gasteiger charge is 2.12. The molecule has 1 nitrogen and oxygen atoms in total. The van der Waals surface area contributed by atoms with E-state index in [0.29, 0.717) is 18.4 Å². The molecule has 0 aromatic heterocycles. The molecule has 2 aromatic rings. The maximum Gasteiger partial charge on any atom is 0.126 e. The molecule has 0 spiro atoms. The van der Waals surface area contributed by atoms with E-state index in [-0.39, 0.29) is 11.9 Å². The first kappa shape index (κ1) is 15.6. The zero-order valence-corrected chi connectivity index (χ0v) is 12.1. The minimum atomic E-state index is -0.571. The Balaban J connectivity index is 2.12. The molecule has 112 valence electrons. The van der Waals surface area contributed by atoms with E-state index in [1.54, 1.807) is 13.1 Å². The van der Waals surface area contributed by atoms with Crippen molar-refractivity contribution in [2.24, 2.45) is 0 Å². The van der Waals surface area contributed by atoms with Gasteiger partial charge in [-0.3, -0.25) is 0 Å². The first-order chi connectivity index (χ1) is 9.97. The Morgan fingerprint density at radius 2 is 1.57 bits per heavy atom. The van der Waals surface area contributed by atoms with E-state index >= 15 is 0 Å². The molecule has 0 aliphatic carbocycles. The SMILES string of the molecule is CNC(Cc1cc(F)cc(F)c1)Cc1ccc(F)cc1C. The summed E-state index contributed by atoms with van der Waals surface area (Å²) >= 11 is 0. The molecule has 0 bridgehead atoms. The van der Waals surface area contributed by atoms with Crippen molar-refractivity contribution in [3.05, 3.63) is 70.5 Å². The maximum absolute atomic E-state index is 13.2. The molecule has 4 heteroatoms. The summed E-state index contributed by atoms with van der Waals surface area (Å²) in [7, 11) is 1.80. The lowest BCUT2D eigenvalue weighted by Crippen LogP contribution is -2.30. The predicted molar refractivity (Wildman–Crippen MR) is 77.8 cm³/mol. The molecule has 0 fully saturated rings. The van der Waals surface area contributed by atoms with E-state index in [9.17, 15) is 13.2 Å². The minimum Gasteiger partial charge on any atom is -0.316 e. The fourth-order valence-electron chi connectivity index (χ4n) is 2.44. The van der Waals surface area contributed by atoms with Crippen LogP contribution in [0.1, 0.15) is 16.7 Å². The number of hydrogen-bond acceptors (Lipinski definition) is 1. The number of nitrogens with one attached hydrogen (secondary N) is 1. The number of rotatable bonds is 5. The van der Waals surface area contributed by atoms with Crippen molar-refractivity contribution in [2.75, 3.05) is 7.05 Å². The highest BCUT2D eigenvalue weighted by molar-refractivity contribution is 5.28. The smallest absolute Gasteiger partial charge is 0.126 e. The van der Waals surface area contributed by atoms with Gasteiger partial charge in [-0.25, -0.2) is 13.2 Å². The third-order valence-corrected chi connectivity index (χ3v) is 3.58. The summed E-state index contributed by atoms with van der Waals surface area (Å²) in [4.78, 5) is 0. The molecule has 0 aliphatic heterocycles. The largest absolute Gasteiger partial charge is 0.316 e. The average molecular weight is 293 g/mol. The second-order valence-electron chi connectivity index (χ2n) is 5.24. The summed E-state index contributed by atoms with van der Waals surface area (Å²) in [6.45, 7) is 1.85. The van der Waals surface area contributed by atoms with Crippen LogP contribution in [0, 0.1) is 24.4 Å². The van der Waals surface area contributed by atoms with Gasteiger partial charge in [-0.05, 0) is 67.8 Å². The number of likely N-dealkylation sites (N-methyl/N-ethyl adjacent to an activating group) is 1. The van der Waals surface area contributed by atoms with Crippen molar-refractivity contribution >= 4 is 0 Å². The first-order valence-corrected chi connectivity index (χ1v) is 6.85. The maximum atomic E-state index is 13.2. The van der Waals surface area contributed by atoms with E-state index in [0.717, 1.165) is 17.2 Å². The van der Waals surface area contributed by atoms with Crippen LogP contribution in [-0.2, 0) is 12.8 Å². The Hall–Kier alpha value is -1.81. The van der Waals surface area contributed by atoms with Crippen LogP contribution in [0.3, 0.4) is 0 Å². The summed E-state index contributed by atoms with van der Waals surface area (Å²) in [6.07, 6.45) is 1.17. The second-order valence-corrected chi connectivity index (χ2v) is 5.24. The van der Waals surface area contributed by atoms with Gasteiger partial charge in [0.15, 0.2) is 0 Å². The summed E-state index contributed by atoms with van der Waals surface area (Å²) in [5, 5.41) is 3.14. The van der Waals surface area contributed by atoms with Gasteiger partial charge in [0.2, 0.25) is 0 Å². The Labute approximate surface area is 122 Å². The van der Waals surface area contributed by atoms with E-state index < -0.39 is 11.6 Å². The molecule has 21 heavy (non-hydrogen) atoms. The molecule has 2 rings (SSSR count). The van der Waals surface area contributed by atoms with Crippen LogP contribution < -0.4 is 5.32 Å². The molecule has 1 N–H and O–H groups in total. The molecule has 1 unspecified atom stereocenters. The van der Waals surface area contributed by atoms with Crippen molar-refractivity contribution in [1.82, 2.24) is 5.32 Å². The van der Waals surface area contributed by atoms with Gasteiger partial charge in [0.05, 0.1) is 0 Å². The van der Waals surface area contributed by atoms with Gasteiger partial charge in [-0.1, -0.05) is 6.07 Å². The fraction of sp³-hybridized carbons (Fsp3) is 0.294. The lowest BCUT2D eigenvalue weighted by Gasteiger charge is -2.18. The van der Waals surface area contributed by atoms with Gasteiger partial charge in [0.25, 0.3) is 0 Å². The molecule has 0 radical (unpaired) electrons. The van der Waals surface area contributed by atoms with Crippen LogP contribution >= 0.6 is 0 Å². The molecular weight excluding hydrogens is 275 g/mol. The zero-order valence-electron chi connectivity index (χ0n) is 12.1. The van der Waals surface area contributed by atoms with Crippen LogP contribution in [0.2, 0.25) is 0 Å². The summed E-state index contributed by atoms with van der Waals surface area (Å²) < 4.78 is 39.5. The zero-order chi connectivity index (χ0) is 15.4. The molecule has 1 atom stereocenters. The third-order valence-electron chi connectivity index (χ3n) is 3.58. The summed E-state index contributed by atoms with van der Waals surface area (Å²) in [6, 6.07) is 8.23. The van der Waals surface area contributed by atoms with Crippen molar-refractivity contribution in [2.45, 2.75) is 25.8 Å². The van der Waals surface area contributed by atoms with E-state index in [1.165, 1.54) is 24.3 Å². The lowest BCUT2D eigenvalue weighted by molar-refractivity contribution is 0.541. The van der Waals surface area contributed by atoms with Crippen molar-refractivity contribution in [3.8, 4) is 0 Å². The van der Waals surface area contributed by atoms with E-state index in [4.69, 9.17) is 0 Å². The molecular formula is C17H18F3N. The molecule has 0 amide bonds. The number of hydrogen-bond donors (Lipinski definition) is 1. The second kappa shape index (κ2) is 6.76. The van der Waals surface area contributed by atoms with Gasteiger partial charge in [0.1, 0.15) is 17.5 Å². The van der Waals surface area contributed by atoms with Crippen LogP contribution in [0.25, 0.3) is 0 Å². The fourth-order valence-corrected chi connectivity index (χ4v) is 2.44. The Bertz CT molecular complexity index is 605. The molecule has 0 saturated carbocycles. The predicted octanol–water partition coefficient (Wildman–Crippen LogP) is 3.79. The Morgan fingerprint density at radius 3 is 2.14 bits per heavy atom. The van der Waals surface area contributed by atoms with Crippen molar-refractivity contribution in [3.63, 3.8) is 0 Å². The molecule has 0 saturated heterocycles. The average Bonchev–Trinajstić information content (AvgIpc) is 2.39. The summed E-state index contributed by atoms with van der Waals surface area (Å²) in [5.41, 5.74) is 2.50. The molecule has 2 aromatic carbocycles. The van der Waals surface area contributed by atoms with Gasteiger partial charge in [-0.15, -0.1) is 0 Å². The monoisotopic (exact) mass is 293 g/mol. The number of halogens is 3.